The van der Waals surface area contributed by atoms with Gasteiger partial charge in [-0.2, -0.15) is 0 Å². The fourth-order valence-electron chi connectivity index (χ4n) is 2.61. The fraction of sp³-hybridized carbons (Fsp3) is 0.529. The lowest BCUT2D eigenvalue weighted by Crippen LogP contribution is -2.52. The Balaban J connectivity index is 1.93. The monoisotopic (exact) mass is 303 g/mol. The minimum atomic E-state index is -0.149. The van der Waals surface area contributed by atoms with Crippen LogP contribution in [-0.2, 0) is 11.2 Å². The van der Waals surface area contributed by atoms with Gasteiger partial charge in [0, 0.05) is 44.2 Å². The second-order valence-corrected chi connectivity index (χ2v) is 5.80. The van der Waals surface area contributed by atoms with E-state index in [0.717, 1.165) is 6.42 Å². The van der Waals surface area contributed by atoms with Crippen LogP contribution in [0.2, 0.25) is 0 Å². The van der Waals surface area contributed by atoms with E-state index in [2.05, 4.69) is 6.92 Å². The van der Waals surface area contributed by atoms with Crippen LogP contribution in [0.25, 0.3) is 0 Å². The number of nitrogens with two attached hydrogens (primary N) is 1. The topological polar surface area (TPSA) is 66.6 Å². The van der Waals surface area contributed by atoms with Gasteiger partial charge in [-0.25, -0.2) is 0 Å². The Hall–Kier alpha value is -1.88. The molecule has 1 heterocycles. The van der Waals surface area contributed by atoms with Crippen molar-refractivity contribution in [1.82, 2.24) is 9.80 Å². The van der Waals surface area contributed by atoms with Crippen molar-refractivity contribution < 1.29 is 9.59 Å². The van der Waals surface area contributed by atoms with Crippen molar-refractivity contribution in [2.75, 3.05) is 32.7 Å². The molecule has 0 bridgehead atoms. The highest BCUT2D eigenvalue weighted by molar-refractivity contribution is 5.94. The van der Waals surface area contributed by atoms with E-state index >= 15 is 0 Å². The van der Waals surface area contributed by atoms with Gasteiger partial charge in [-0.15, -0.1) is 0 Å². The van der Waals surface area contributed by atoms with Crippen LogP contribution in [0.5, 0.6) is 0 Å². The van der Waals surface area contributed by atoms with Crippen LogP contribution in [0.3, 0.4) is 0 Å². The van der Waals surface area contributed by atoms with E-state index in [1.807, 2.05) is 41.0 Å². The number of nitrogens with zero attached hydrogens (tertiary/aromatic N) is 2. The van der Waals surface area contributed by atoms with E-state index in [1.165, 1.54) is 5.56 Å². The van der Waals surface area contributed by atoms with Gasteiger partial charge in [-0.05, 0) is 24.1 Å². The van der Waals surface area contributed by atoms with Gasteiger partial charge < -0.3 is 15.5 Å². The van der Waals surface area contributed by atoms with E-state index in [1.54, 1.807) is 0 Å². The van der Waals surface area contributed by atoms with E-state index in [0.29, 0.717) is 38.3 Å². The standard InChI is InChI=1S/C17H25N3O2/c1-3-14-4-6-15(7-5-14)17(22)20-10-8-19(9-11-20)16(21)13(2)12-18/h4-7,13H,3,8-12,18H2,1-2H3. The summed E-state index contributed by atoms with van der Waals surface area (Å²) >= 11 is 0. The molecule has 1 atom stereocenters. The maximum absolute atomic E-state index is 12.5. The van der Waals surface area contributed by atoms with Crippen molar-refractivity contribution in [2.24, 2.45) is 11.7 Å². The number of carbonyl (C=O) groups is 2. The van der Waals surface area contributed by atoms with Crippen molar-refractivity contribution >= 4 is 11.8 Å². The molecule has 1 saturated heterocycles. The van der Waals surface area contributed by atoms with Crippen molar-refractivity contribution in [2.45, 2.75) is 20.3 Å². The third-order valence-corrected chi connectivity index (χ3v) is 4.26. The maximum Gasteiger partial charge on any atom is 0.253 e. The largest absolute Gasteiger partial charge is 0.339 e. The van der Waals surface area contributed by atoms with E-state index < -0.39 is 0 Å². The molecule has 120 valence electrons. The number of amides is 2. The number of aryl methyl sites for hydroxylation is 1. The third-order valence-electron chi connectivity index (χ3n) is 4.26. The Kier molecular flexibility index (Phi) is 5.55. The molecule has 1 aliphatic heterocycles. The van der Waals surface area contributed by atoms with E-state index in [-0.39, 0.29) is 17.7 Å². The van der Waals surface area contributed by atoms with Crippen LogP contribution in [0, 0.1) is 5.92 Å². The number of piperazine rings is 1. The normalized spacial score (nSPS) is 16.5. The second kappa shape index (κ2) is 7.40. The zero-order valence-electron chi connectivity index (χ0n) is 13.4. The first kappa shape index (κ1) is 16.5. The maximum atomic E-state index is 12.5. The van der Waals surface area contributed by atoms with Gasteiger partial charge in [0.05, 0.1) is 0 Å². The molecule has 22 heavy (non-hydrogen) atoms. The van der Waals surface area contributed by atoms with Crippen LogP contribution in [-0.4, -0.2) is 54.3 Å². The molecular weight excluding hydrogens is 278 g/mol. The minimum Gasteiger partial charge on any atom is -0.339 e. The summed E-state index contributed by atoms with van der Waals surface area (Å²) in [5, 5.41) is 0. The highest BCUT2D eigenvalue weighted by Crippen LogP contribution is 2.12. The predicted molar refractivity (Wildman–Crippen MR) is 86.5 cm³/mol. The van der Waals surface area contributed by atoms with Gasteiger partial charge >= 0.3 is 0 Å². The zero-order valence-corrected chi connectivity index (χ0v) is 13.4. The summed E-state index contributed by atoms with van der Waals surface area (Å²) in [6, 6.07) is 7.76. The Morgan fingerprint density at radius 1 is 1.09 bits per heavy atom. The number of carbonyl (C=O) groups excluding carboxylic acids is 2. The lowest BCUT2D eigenvalue weighted by molar-refractivity contribution is -0.136. The molecular formula is C17H25N3O2. The quantitative estimate of drug-likeness (QED) is 0.906. The molecule has 2 N–H and O–H groups in total. The lowest BCUT2D eigenvalue weighted by atomic mass is 10.1. The second-order valence-electron chi connectivity index (χ2n) is 5.80. The molecule has 0 saturated carbocycles. The van der Waals surface area contributed by atoms with Gasteiger partial charge in [0.2, 0.25) is 5.91 Å². The third kappa shape index (κ3) is 3.65. The van der Waals surface area contributed by atoms with Gasteiger partial charge in [-0.3, -0.25) is 9.59 Å². The summed E-state index contributed by atoms with van der Waals surface area (Å²) in [6.45, 7) is 6.63. The molecule has 0 aliphatic carbocycles. The van der Waals surface area contributed by atoms with Crippen molar-refractivity contribution in [3.8, 4) is 0 Å². The Morgan fingerprint density at radius 2 is 1.64 bits per heavy atom. The smallest absolute Gasteiger partial charge is 0.253 e. The molecule has 1 aromatic rings. The molecule has 0 aromatic heterocycles. The van der Waals surface area contributed by atoms with Crippen LogP contribution >= 0.6 is 0 Å². The summed E-state index contributed by atoms with van der Waals surface area (Å²) in [6.07, 6.45) is 0.967. The molecule has 0 radical (unpaired) electrons. The van der Waals surface area contributed by atoms with Crippen molar-refractivity contribution in [3.63, 3.8) is 0 Å². The molecule has 5 heteroatoms. The van der Waals surface area contributed by atoms with Crippen LogP contribution in [0.4, 0.5) is 0 Å². The number of hydrogen-bond acceptors (Lipinski definition) is 3. The summed E-state index contributed by atoms with van der Waals surface area (Å²) in [5.41, 5.74) is 7.48. The summed E-state index contributed by atoms with van der Waals surface area (Å²) < 4.78 is 0. The van der Waals surface area contributed by atoms with Crippen LogP contribution in [0.1, 0.15) is 29.8 Å². The van der Waals surface area contributed by atoms with Gasteiger partial charge in [0.1, 0.15) is 0 Å². The van der Waals surface area contributed by atoms with E-state index in [4.69, 9.17) is 5.73 Å². The molecule has 2 amide bonds. The Labute approximate surface area is 132 Å². The highest BCUT2D eigenvalue weighted by Gasteiger charge is 2.26. The van der Waals surface area contributed by atoms with Crippen molar-refractivity contribution in [3.05, 3.63) is 35.4 Å². The lowest BCUT2D eigenvalue weighted by Gasteiger charge is -2.36. The minimum absolute atomic E-state index is 0.0432. The van der Waals surface area contributed by atoms with Crippen molar-refractivity contribution in [1.29, 1.82) is 0 Å². The summed E-state index contributed by atoms with van der Waals surface area (Å²) in [7, 11) is 0. The first-order chi connectivity index (χ1) is 10.6. The summed E-state index contributed by atoms with van der Waals surface area (Å²) in [5.74, 6) is -0.0210. The fourth-order valence-corrected chi connectivity index (χ4v) is 2.61. The molecule has 1 aromatic carbocycles. The Morgan fingerprint density at radius 3 is 2.14 bits per heavy atom. The average Bonchev–Trinajstić information content (AvgIpc) is 2.60. The number of hydrogen-bond donors (Lipinski definition) is 1. The Bertz CT molecular complexity index is 519. The number of benzene rings is 1. The van der Waals surface area contributed by atoms with Crippen LogP contribution < -0.4 is 5.73 Å². The zero-order chi connectivity index (χ0) is 16.1. The summed E-state index contributed by atoms with van der Waals surface area (Å²) in [4.78, 5) is 28.2. The highest BCUT2D eigenvalue weighted by atomic mass is 16.2. The molecule has 2 rings (SSSR count). The van der Waals surface area contributed by atoms with Crippen LogP contribution in [0.15, 0.2) is 24.3 Å². The average molecular weight is 303 g/mol. The molecule has 1 fully saturated rings. The predicted octanol–water partition coefficient (Wildman–Crippen LogP) is 1.13. The van der Waals surface area contributed by atoms with E-state index in [9.17, 15) is 9.59 Å². The first-order valence-electron chi connectivity index (χ1n) is 7.93. The number of rotatable bonds is 4. The van der Waals surface area contributed by atoms with Gasteiger partial charge in [0.15, 0.2) is 0 Å². The molecule has 1 unspecified atom stereocenters. The van der Waals surface area contributed by atoms with Gasteiger partial charge in [-0.1, -0.05) is 26.0 Å². The molecule has 1 aliphatic rings. The van der Waals surface area contributed by atoms with Gasteiger partial charge in [0.25, 0.3) is 5.91 Å². The molecule has 5 nitrogen and oxygen atoms in total. The molecule has 0 spiro atoms. The first-order valence-corrected chi connectivity index (χ1v) is 7.93. The SMILES string of the molecule is CCc1ccc(C(=O)N2CCN(C(=O)C(C)CN)CC2)cc1.